The van der Waals surface area contributed by atoms with Gasteiger partial charge in [-0.15, -0.1) is 0 Å². The summed E-state index contributed by atoms with van der Waals surface area (Å²) in [6.45, 7) is 18.6. The van der Waals surface area contributed by atoms with Crippen LogP contribution in [0.1, 0.15) is 95.7 Å². The summed E-state index contributed by atoms with van der Waals surface area (Å²) in [5, 5.41) is 34.8. The van der Waals surface area contributed by atoms with E-state index in [1.165, 1.54) is 0 Å². The van der Waals surface area contributed by atoms with Crippen molar-refractivity contribution in [3.8, 4) is 17.2 Å². The van der Waals surface area contributed by atoms with Gasteiger partial charge in [0.1, 0.15) is 17.2 Å². The summed E-state index contributed by atoms with van der Waals surface area (Å²) in [7, 11) is 0. The quantitative estimate of drug-likeness (QED) is 0.159. The molecular formula is C43H47N3O3. The molecule has 5 aromatic carbocycles. The van der Waals surface area contributed by atoms with Crippen LogP contribution < -0.4 is 0 Å². The van der Waals surface area contributed by atoms with Gasteiger partial charge >= 0.3 is 0 Å². The Morgan fingerprint density at radius 2 is 0.796 bits per heavy atom. The summed E-state index contributed by atoms with van der Waals surface area (Å²) < 4.78 is 0. The van der Waals surface area contributed by atoms with Gasteiger partial charge < -0.3 is 15.3 Å². The molecule has 0 bridgehead atoms. The molecule has 0 aliphatic heterocycles. The molecule has 5 rings (SSSR count). The van der Waals surface area contributed by atoms with E-state index < -0.39 is 0 Å². The van der Waals surface area contributed by atoms with Crippen molar-refractivity contribution >= 4 is 46.5 Å². The zero-order valence-electron chi connectivity index (χ0n) is 30.0. The van der Waals surface area contributed by atoms with Crippen molar-refractivity contribution in [1.82, 2.24) is 0 Å². The lowest BCUT2D eigenvalue weighted by molar-refractivity contribution is 0.445. The van der Waals surface area contributed by atoms with E-state index in [4.69, 9.17) is 15.0 Å². The lowest BCUT2D eigenvalue weighted by Gasteiger charge is -2.21. The number of nitrogens with zero attached hydrogens (tertiary/aromatic N) is 3. The molecule has 6 heteroatoms. The van der Waals surface area contributed by atoms with Crippen LogP contribution in [0.3, 0.4) is 0 Å². The fourth-order valence-corrected chi connectivity index (χ4v) is 5.84. The van der Waals surface area contributed by atoms with Crippen LogP contribution in [0.15, 0.2) is 99.9 Å². The smallest absolute Gasteiger partial charge is 0.128 e. The molecule has 5 aromatic rings. The van der Waals surface area contributed by atoms with E-state index in [-0.39, 0.29) is 33.5 Å². The molecular weight excluding hydrogens is 606 g/mol. The van der Waals surface area contributed by atoms with Crippen molar-refractivity contribution < 1.29 is 15.3 Å². The van der Waals surface area contributed by atoms with Crippen molar-refractivity contribution in [2.45, 2.75) is 78.6 Å². The predicted molar refractivity (Wildman–Crippen MR) is 206 cm³/mol. The molecule has 0 spiro atoms. The molecule has 0 aliphatic rings. The molecule has 0 unspecified atom stereocenters. The molecule has 0 aromatic heterocycles. The molecule has 3 N–H and O–H groups in total. The van der Waals surface area contributed by atoms with Gasteiger partial charge in [0.25, 0.3) is 0 Å². The van der Waals surface area contributed by atoms with E-state index in [0.29, 0.717) is 33.8 Å². The SMILES string of the molecule is CC(C)(C)c1cccc(C=Nc2ccc3c(N=Cc4cccc(C(C)(C)C)c4O)ccc(N=Cc4cccc(C(C)(C)C)c4O)c3c2)c1O. The minimum absolute atomic E-state index is 0.212. The summed E-state index contributed by atoms with van der Waals surface area (Å²) in [6.07, 6.45) is 5.05. The molecule has 0 saturated heterocycles. The van der Waals surface area contributed by atoms with Crippen molar-refractivity contribution in [3.63, 3.8) is 0 Å². The van der Waals surface area contributed by atoms with Crippen LogP contribution in [0.5, 0.6) is 17.2 Å². The third kappa shape index (κ3) is 7.75. The van der Waals surface area contributed by atoms with Gasteiger partial charge in [-0.25, -0.2) is 0 Å². The Morgan fingerprint density at radius 3 is 1.18 bits per heavy atom. The Morgan fingerprint density at radius 1 is 0.429 bits per heavy atom. The summed E-state index contributed by atoms with van der Waals surface area (Å²) >= 11 is 0. The average molecular weight is 654 g/mol. The minimum Gasteiger partial charge on any atom is -0.507 e. The second-order valence-corrected chi connectivity index (χ2v) is 15.6. The number of fused-ring (bicyclic) bond motifs is 1. The molecule has 6 nitrogen and oxygen atoms in total. The van der Waals surface area contributed by atoms with E-state index in [2.05, 4.69) is 62.3 Å². The van der Waals surface area contributed by atoms with Crippen LogP contribution in [0.2, 0.25) is 0 Å². The highest BCUT2D eigenvalue weighted by molar-refractivity contribution is 6.04. The highest BCUT2D eigenvalue weighted by Gasteiger charge is 2.21. The highest BCUT2D eigenvalue weighted by Crippen LogP contribution is 2.39. The molecule has 0 saturated carbocycles. The summed E-state index contributed by atoms with van der Waals surface area (Å²) in [4.78, 5) is 14.4. The fourth-order valence-electron chi connectivity index (χ4n) is 5.84. The number of hydrogen-bond donors (Lipinski definition) is 3. The molecule has 0 amide bonds. The monoisotopic (exact) mass is 653 g/mol. The zero-order chi connectivity index (χ0) is 35.7. The molecule has 0 aliphatic carbocycles. The standard InChI is InChI=1S/C43H47N3O3/c1-41(2,3)33-16-10-13-27(38(33)47)24-44-30-19-20-31-32(23-30)37(46-26-29-15-12-18-35(40(29)49)43(7,8)9)22-21-36(31)45-25-28-14-11-17-34(39(28)48)42(4,5)6/h10-26,47-49H,1-9H3. The fraction of sp³-hybridized carbons (Fsp3) is 0.279. The predicted octanol–water partition coefficient (Wildman–Crippen LogP) is 11.1. The van der Waals surface area contributed by atoms with Gasteiger partial charge in [-0.2, -0.15) is 0 Å². The number of phenols is 3. The lowest BCUT2D eigenvalue weighted by Crippen LogP contribution is -2.11. The maximum absolute atomic E-state index is 11.1. The van der Waals surface area contributed by atoms with Crippen LogP contribution >= 0.6 is 0 Å². The number of phenolic OH excluding ortho intramolecular Hbond substituents is 3. The van der Waals surface area contributed by atoms with Gasteiger partial charge in [0.05, 0.1) is 17.1 Å². The molecule has 0 heterocycles. The Kier molecular flexibility index (Phi) is 9.56. The molecule has 0 radical (unpaired) electrons. The first-order valence-corrected chi connectivity index (χ1v) is 16.6. The number of hydrogen-bond acceptors (Lipinski definition) is 6. The topological polar surface area (TPSA) is 97.8 Å². The second-order valence-electron chi connectivity index (χ2n) is 15.6. The third-order valence-electron chi connectivity index (χ3n) is 8.62. The van der Waals surface area contributed by atoms with Crippen molar-refractivity contribution in [3.05, 3.63) is 118 Å². The van der Waals surface area contributed by atoms with Gasteiger partial charge in [-0.05, 0) is 81.5 Å². The minimum atomic E-state index is -0.227. The molecule has 0 fully saturated rings. The van der Waals surface area contributed by atoms with Crippen molar-refractivity contribution in [2.75, 3.05) is 0 Å². The van der Waals surface area contributed by atoms with Crippen LogP contribution in [0.4, 0.5) is 17.1 Å². The maximum Gasteiger partial charge on any atom is 0.128 e. The normalized spacial score (nSPS) is 13.0. The van der Waals surface area contributed by atoms with E-state index in [9.17, 15) is 15.3 Å². The first kappa shape index (κ1) is 35.1. The number of aromatic hydroxyl groups is 3. The third-order valence-corrected chi connectivity index (χ3v) is 8.62. The molecule has 0 atom stereocenters. The highest BCUT2D eigenvalue weighted by atomic mass is 16.3. The van der Waals surface area contributed by atoms with E-state index in [1.54, 1.807) is 18.6 Å². The lowest BCUT2D eigenvalue weighted by atomic mass is 9.85. The van der Waals surface area contributed by atoms with Crippen LogP contribution in [0, 0.1) is 0 Å². The average Bonchev–Trinajstić information content (AvgIpc) is 3.01. The maximum atomic E-state index is 11.1. The zero-order valence-corrected chi connectivity index (χ0v) is 30.0. The van der Waals surface area contributed by atoms with E-state index >= 15 is 0 Å². The Bertz CT molecular complexity index is 2100. The number of rotatable bonds is 6. The second kappa shape index (κ2) is 13.3. The van der Waals surface area contributed by atoms with Crippen LogP contribution in [-0.2, 0) is 16.2 Å². The van der Waals surface area contributed by atoms with Crippen molar-refractivity contribution in [1.29, 1.82) is 0 Å². The van der Waals surface area contributed by atoms with Gasteiger partial charge in [0.2, 0.25) is 0 Å². The largest absolute Gasteiger partial charge is 0.507 e. The van der Waals surface area contributed by atoms with E-state index in [1.807, 2.05) is 84.9 Å². The van der Waals surface area contributed by atoms with Gasteiger partial charge in [-0.3, -0.25) is 15.0 Å². The van der Waals surface area contributed by atoms with Gasteiger partial charge in [-0.1, -0.05) is 98.7 Å². The van der Waals surface area contributed by atoms with Crippen molar-refractivity contribution in [2.24, 2.45) is 15.0 Å². The Hall–Kier alpha value is -5.23. The number of benzene rings is 5. The molecule has 252 valence electrons. The number of aliphatic imine (C=N–C) groups is 3. The van der Waals surface area contributed by atoms with E-state index in [0.717, 1.165) is 27.5 Å². The molecule has 49 heavy (non-hydrogen) atoms. The summed E-state index contributed by atoms with van der Waals surface area (Å²) in [5.41, 5.74) is 5.85. The summed E-state index contributed by atoms with van der Waals surface area (Å²) in [6, 6.07) is 26.8. The number of para-hydroxylation sites is 3. The van der Waals surface area contributed by atoms with Crippen LogP contribution in [0.25, 0.3) is 10.8 Å². The Balaban J connectivity index is 1.61. The summed E-state index contributed by atoms with van der Waals surface area (Å²) in [5.74, 6) is 0.652. The Labute approximate surface area is 290 Å². The van der Waals surface area contributed by atoms with Gasteiger partial charge in [0, 0.05) is 46.1 Å². The van der Waals surface area contributed by atoms with Gasteiger partial charge in [0.15, 0.2) is 0 Å². The van der Waals surface area contributed by atoms with Crippen LogP contribution in [-0.4, -0.2) is 34.0 Å². The first-order valence-electron chi connectivity index (χ1n) is 16.6. The first-order chi connectivity index (χ1) is 22.9.